The molecule has 5 nitrogen and oxygen atoms in total. The molecular formula is C11H22N2O3S. The van der Waals surface area contributed by atoms with Crippen molar-refractivity contribution in [2.24, 2.45) is 5.92 Å². The third kappa shape index (κ3) is 2.98. The summed E-state index contributed by atoms with van der Waals surface area (Å²) in [6.07, 6.45) is 1.15. The Hall–Kier alpha value is -0.620. The summed E-state index contributed by atoms with van der Waals surface area (Å²) < 4.78 is 22.4. The Kier molecular flexibility index (Phi) is 3.88. The normalized spacial score (nSPS) is 22.6. The van der Waals surface area contributed by atoms with Gasteiger partial charge in [0.1, 0.15) is 0 Å². The first-order valence-electron chi connectivity index (χ1n) is 5.79. The van der Waals surface area contributed by atoms with Crippen LogP contribution in [0.4, 0.5) is 0 Å². The van der Waals surface area contributed by atoms with Crippen molar-refractivity contribution in [1.29, 1.82) is 0 Å². The van der Waals surface area contributed by atoms with Crippen molar-refractivity contribution in [3.8, 4) is 0 Å². The summed E-state index contributed by atoms with van der Waals surface area (Å²) in [5, 5.41) is 3.11. The van der Waals surface area contributed by atoms with E-state index in [1.165, 1.54) is 6.26 Å². The van der Waals surface area contributed by atoms with Crippen LogP contribution in [0.1, 0.15) is 27.7 Å². The van der Waals surface area contributed by atoms with E-state index in [1.807, 2.05) is 13.8 Å². The van der Waals surface area contributed by atoms with Gasteiger partial charge in [0, 0.05) is 12.8 Å². The maximum absolute atomic E-state index is 11.8. The second kappa shape index (κ2) is 4.57. The predicted molar refractivity (Wildman–Crippen MR) is 67.3 cm³/mol. The number of carbonyl (C=O) groups is 1. The number of hydrogen-bond acceptors (Lipinski definition) is 4. The van der Waals surface area contributed by atoms with Crippen LogP contribution in [-0.2, 0) is 14.6 Å². The van der Waals surface area contributed by atoms with Gasteiger partial charge < -0.3 is 4.90 Å². The highest BCUT2D eigenvalue weighted by Crippen LogP contribution is 2.22. The van der Waals surface area contributed by atoms with Gasteiger partial charge in [-0.3, -0.25) is 10.1 Å². The summed E-state index contributed by atoms with van der Waals surface area (Å²) in [6.45, 7) is 7.87. The Morgan fingerprint density at radius 3 is 2.41 bits per heavy atom. The molecule has 0 spiro atoms. The maximum atomic E-state index is 11.8. The first-order chi connectivity index (χ1) is 7.56. The average molecular weight is 262 g/mol. The Balaban J connectivity index is 2.90. The van der Waals surface area contributed by atoms with Gasteiger partial charge in [-0.25, -0.2) is 8.42 Å². The van der Waals surface area contributed by atoms with Gasteiger partial charge in [-0.15, -0.1) is 0 Å². The van der Waals surface area contributed by atoms with Crippen LogP contribution in [0.5, 0.6) is 0 Å². The number of carbonyl (C=O) groups excluding carboxylic acids is 1. The average Bonchev–Trinajstić information content (AvgIpc) is 2.45. The molecule has 1 unspecified atom stereocenters. The lowest BCUT2D eigenvalue weighted by Crippen LogP contribution is -2.50. The zero-order valence-corrected chi connectivity index (χ0v) is 12.0. The highest BCUT2D eigenvalue weighted by atomic mass is 32.2. The highest BCUT2D eigenvalue weighted by molar-refractivity contribution is 7.92. The molecule has 1 amide bonds. The summed E-state index contributed by atoms with van der Waals surface area (Å²) in [7, 11) is -3.18. The van der Waals surface area contributed by atoms with Crippen molar-refractivity contribution in [3.63, 3.8) is 0 Å². The Morgan fingerprint density at radius 1 is 1.47 bits per heavy atom. The molecule has 1 heterocycles. The lowest BCUT2D eigenvalue weighted by molar-refractivity contribution is -0.128. The van der Waals surface area contributed by atoms with Crippen LogP contribution in [0.3, 0.4) is 0 Å². The number of nitrogens with one attached hydrogen (secondary N) is 1. The van der Waals surface area contributed by atoms with Crippen LogP contribution in [-0.4, -0.2) is 49.5 Å². The van der Waals surface area contributed by atoms with Gasteiger partial charge in [0.15, 0.2) is 9.84 Å². The second-order valence-electron chi connectivity index (χ2n) is 5.62. The molecule has 1 aliphatic rings. The first kappa shape index (κ1) is 14.4. The zero-order valence-electron chi connectivity index (χ0n) is 11.1. The van der Waals surface area contributed by atoms with Gasteiger partial charge in [-0.2, -0.15) is 0 Å². The van der Waals surface area contributed by atoms with E-state index in [9.17, 15) is 13.2 Å². The first-order valence-corrected chi connectivity index (χ1v) is 7.68. The molecule has 1 fully saturated rings. The van der Waals surface area contributed by atoms with Crippen molar-refractivity contribution >= 4 is 15.7 Å². The number of rotatable bonds is 4. The van der Waals surface area contributed by atoms with Gasteiger partial charge in [0.05, 0.1) is 17.5 Å². The minimum Gasteiger partial charge on any atom is -0.324 e. The van der Waals surface area contributed by atoms with Crippen molar-refractivity contribution in [3.05, 3.63) is 0 Å². The van der Waals surface area contributed by atoms with Gasteiger partial charge in [-0.05, 0) is 19.8 Å². The second-order valence-corrected chi connectivity index (χ2v) is 8.27. The molecule has 0 radical (unpaired) electrons. The molecule has 1 aliphatic heterocycles. The van der Waals surface area contributed by atoms with E-state index in [0.29, 0.717) is 6.54 Å². The fourth-order valence-corrected chi connectivity index (χ4v) is 2.24. The van der Waals surface area contributed by atoms with Crippen LogP contribution < -0.4 is 5.32 Å². The molecular weight excluding hydrogens is 240 g/mol. The van der Waals surface area contributed by atoms with Gasteiger partial charge >= 0.3 is 0 Å². The molecule has 0 aromatic heterocycles. The lowest BCUT2D eigenvalue weighted by atomic mass is 10.1. The summed E-state index contributed by atoms with van der Waals surface area (Å²) in [4.78, 5) is 13.4. The molecule has 1 saturated heterocycles. The van der Waals surface area contributed by atoms with Crippen LogP contribution in [0.25, 0.3) is 0 Å². The van der Waals surface area contributed by atoms with Crippen LogP contribution >= 0.6 is 0 Å². The van der Waals surface area contributed by atoms with E-state index >= 15 is 0 Å². The van der Waals surface area contributed by atoms with E-state index in [-0.39, 0.29) is 24.5 Å². The number of nitrogens with zero attached hydrogens (tertiary/aromatic N) is 1. The standard InChI is InChI=1S/C11H22N2O3S/c1-8(2)10-12-6-9(14)13(10)7-11(3,4)17(5,15)16/h8,10,12H,6-7H2,1-5H3. The molecule has 6 heteroatoms. The maximum Gasteiger partial charge on any atom is 0.237 e. The Bertz CT molecular complexity index is 401. The highest BCUT2D eigenvalue weighted by Gasteiger charge is 2.40. The predicted octanol–water partition coefficient (Wildman–Crippen LogP) is 0.224. The number of hydrogen-bond donors (Lipinski definition) is 1. The number of sulfone groups is 1. The quantitative estimate of drug-likeness (QED) is 0.787. The fourth-order valence-electron chi connectivity index (χ4n) is 1.87. The molecule has 1 N–H and O–H groups in total. The SMILES string of the molecule is CC(C)C1NCC(=O)N1CC(C)(C)S(C)(=O)=O. The molecule has 0 aromatic rings. The monoisotopic (exact) mass is 262 g/mol. The minimum atomic E-state index is -3.18. The molecule has 100 valence electrons. The molecule has 1 rings (SSSR count). The summed E-state index contributed by atoms with van der Waals surface area (Å²) in [5.74, 6) is 0.234. The van der Waals surface area contributed by atoms with Crippen LogP contribution in [0, 0.1) is 5.92 Å². The lowest BCUT2D eigenvalue weighted by Gasteiger charge is -2.33. The van der Waals surface area contributed by atoms with Gasteiger partial charge in [0.2, 0.25) is 5.91 Å². The van der Waals surface area contributed by atoms with Gasteiger partial charge in [0.25, 0.3) is 0 Å². The minimum absolute atomic E-state index is 0.0274. The van der Waals surface area contributed by atoms with Crippen molar-refractivity contribution in [2.75, 3.05) is 19.3 Å². The van der Waals surface area contributed by atoms with E-state index in [2.05, 4.69) is 5.32 Å². The molecule has 1 atom stereocenters. The largest absolute Gasteiger partial charge is 0.324 e. The fraction of sp³-hybridized carbons (Fsp3) is 0.909. The van der Waals surface area contributed by atoms with Crippen molar-refractivity contribution < 1.29 is 13.2 Å². The van der Waals surface area contributed by atoms with E-state index < -0.39 is 14.6 Å². The van der Waals surface area contributed by atoms with Gasteiger partial charge in [-0.1, -0.05) is 13.8 Å². The zero-order chi connectivity index (χ0) is 13.4. The Labute approximate surface area is 103 Å². The Morgan fingerprint density at radius 2 is 2.00 bits per heavy atom. The van der Waals surface area contributed by atoms with Crippen LogP contribution in [0.2, 0.25) is 0 Å². The summed E-state index contributed by atoms with van der Waals surface area (Å²) >= 11 is 0. The van der Waals surface area contributed by atoms with E-state index in [1.54, 1.807) is 18.7 Å². The summed E-state index contributed by atoms with van der Waals surface area (Å²) in [5.41, 5.74) is 0. The van der Waals surface area contributed by atoms with E-state index in [4.69, 9.17) is 0 Å². The number of amides is 1. The topological polar surface area (TPSA) is 66.5 Å². The van der Waals surface area contributed by atoms with E-state index in [0.717, 1.165) is 0 Å². The molecule has 0 aromatic carbocycles. The molecule has 0 bridgehead atoms. The molecule has 0 aliphatic carbocycles. The molecule has 0 saturated carbocycles. The summed E-state index contributed by atoms with van der Waals surface area (Å²) in [6, 6.07) is 0. The van der Waals surface area contributed by atoms with Crippen LogP contribution in [0.15, 0.2) is 0 Å². The van der Waals surface area contributed by atoms with Crippen molar-refractivity contribution in [1.82, 2.24) is 10.2 Å². The third-order valence-corrected chi connectivity index (χ3v) is 5.44. The smallest absolute Gasteiger partial charge is 0.237 e. The van der Waals surface area contributed by atoms with Crippen molar-refractivity contribution in [2.45, 2.75) is 38.6 Å². The molecule has 17 heavy (non-hydrogen) atoms. The third-order valence-electron chi connectivity index (χ3n) is 3.30.